The van der Waals surface area contributed by atoms with E-state index in [1.807, 2.05) is 26.0 Å². The second-order valence-corrected chi connectivity index (χ2v) is 8.71. The molecule has 188 valence electrons. The van der Waals surface area contributed by atoms with Crippen LogP contribution < -0.4 is 25.0 Å². The standard InChI is InChI=1S/C29H26N2O6/c1-3-35-21-9-10-24-22(15-21)29(34)23(28(33)19-6-4-18(2)5-7-19)16-31(24)17-27(32)30-20-8-11-25-26(14-20)37-13-12-36-25/h4-11,14-16H,3,12-13,17H2,1-2H3,(H,30,32). The Bertz CT molecular complexity index is 1560. The molecule has 8 heteroatoms. The molecule has 0 fully saturated rings. The summed E-state index contributed by atoms with van der Waals surface area (Å²) in [7, 11) is 0. The van der Waals surface area contributed by atoms with Gasteiger partial charge in [-0.3, -0.25) is 14.4 Å². The van der Waals surface area contributed by atoms with Gasteiger partial charge in [0.1, 0.15) is 25.5 Å². The number of rotatable bonds is 7. The van der Waals surface area contributed by atoms with E-state index in [0.717, 1.165) is 5.56 Å². The molecular weight excluding hydrogens is 472 g/mol. The van der Waals surface area contributed by atoms with E-state index < -0.39 is 11.2 Å². The summed E-state index contributed by atoms with van der Waals surface area (Å²) < 4.78 is 18.3. The lowest BCUT2D eigenvalue weighted by Gasteiger charge is -2.19. The zero-order valence-corrected chi connectivity index (χ0v) is 20.6. The average molecular weight is 499 g/mol. The SMILES string of the molecule is CCOc1ccc2c(c1)c(=O)c(C(=O)c1ccc(C)cc1)cn2CC(=O)Nc1ccc2c(c1)OCCO2. The van der Waals surface area contributed by atoms with Gasteiger partial charge in [-0.15, -0.1) is 0 Å². The largest absolute Gasteiger partial charge is 0.494 e. The van der Waals surface area contributed by atoms with Crippen LogP contribution in [-0.2, 0) is 11.3 Å². The Labute approximate surface area is 213 Å². The number of fused-ring (bicyclic) bond motifs is 2. The number of hydrogen-bond donors (Lipinski definition) is 1. The van der Waals surface area contributed by atoms with Crippen LogP contribution in [0.15, 0.2) is 71.7 Å². The molecule has 0 bridgehead atoms. The lowest BCUT2D eigenvalue weighted by molar-refractivity contribution is -0.116. The van der Waals surface area contributed by atoms with Crippen molar-refractivity contribution in [1.82, 2.24) is 4.57 Å². The molecule has 1 aliphatic rings. The zero-order valence-electron chi connectivity index (χ0n) is 20.6. The fourth-order valence-corrected chi connectivity index (χ4v) is 4.26. The van der Waals surface area contributed by atoms with Crippen molar-refractivity contribution in [1.29, 1.82) is 0 Å². The van der Waals surface area contributed by atoms with Crippen LogP contribution in [-0.4, -0.2) is 36.1 Å². The van der Waals surface area contributed by atoms with Crippen LogP contribution in [0.1, 0.15) is 28.4 Å². The smallest absolute Gasteiger partial charge is 0.244 e. The summed E-state index contributed by atoms with van der Waals surface area (Å²) in [4.78, 5) is 39.8. The summed E-state index contributed by atoms with van der Waals surface area (Å²) in [6, 6.07) is 17.3. The van der Waals surface area contributed by atoms with E-state index in [1.54, 1.807) is 53.1 Å². The highest BCUT2D eigenvalue weighted by molar-refractivity contribution is 6.10. The molecule has 1 N–H and O–H groups in total. The maximum Gasteiger partial charge on any atom is 0.244 e. The zero-order chi connectivity index (χ0) is 25.9. The van der Waals surface area contributed by atoms with Gasteiger partial charge in [-0.05, 0) is 44.2 Å². The number of nitrogens with one attached hydrogen (secondary N) is 1. The van der Waals surface area contributed by atoms with Gasteiger partial charge in [0, 0.05) is 23.5 Å². The first-order valence-electron chi connectivity index (χ1n) is 12.0. The van der Waals surface area contributed by atoms with Crippen LogP contribution in [0.25, 0.3) is 10.9 Å². The van der Waals surface area contributed by atoms with E-state index in [0.29, 0.717) is 59.2 Å². The number of hydrogen-bond acceptors (Lipinski definition) is 6. The molecule has 37 heavy (non-hydrogen) atoms. The molecule has 4 aromatic rings. The summed E-state index contributed by atoms with van der Waals surface area (Å²) in [6.45, 7) is 5.00. The highest BCUT2D eigenvalue weighted by Crippen LogP contribution is 2.32. The summed E-state index contributed by atoms with van der Waals surface area (Å²) in [5, 5.41) is 3.16. The Morgan fingerprint density at radius 2 is 1.73 bits per heavy atom. The van der Waals surface area contributed by atoms with Crippen LogP contribution in [0.4, 0.5) is 5.69 Å². The number of aromatic nitrogens is 1. The van der Waals surface area contributed by atoms with Crippen molar-refractivity contribution in [2.75, 3.05) is 25.1 Å². The van der Waals surface area contributed by atoms with Crippen molar-refractivity contribution >= 4 is 28.3 Å². The first kappa shape index (κ1) is 24.1. The van der Waals surface area contributed by atoms with E-state index in [1.165, 1.54) is 6.20 Å². The highest BCUT2D eigenvalue weighted by Gasteiger charge is 2.19. The van der Waals surface area contributed by atoms with Gasteiger partial charge in [-0.25, -0.2) is 0 Å². The van der Waals surface area contributed by atoms with Gasteiger partial charge < -0.3 is 24.1 Å². The minimum atomic E-state index is -0.411. The van der Waals surface area contributed by atoms with Crippen LogP contribution >= 0.6 is 0 Å². The summed E-state index contributed by atoms with van der Waals surface area (Å²) in [5.41, 5.74) is 2.04. The Kier molecular flexibility index (Phi) is 6.64. The number of carbonyl (C=O) groups excluding carboxylic acids is 2. The van der Waals surface area contributed by atoms with Crippen molar-refractivity contribution in [2.24, 2.45) is 0 Å². The van der Waals surface area contributed by atoms with Gasteiger partial charge >= 0.3 is 0 Å². The molecule has 1 aromatic heterocycles. The molecule has 1 aliphatic heterocycles. The lowest BCUT2D eigenvalue weighted by atomic mass is 10.0. The number of benzene rings is 3. The first-order chi connectivity index (χ1) is 17.9. The number of nitrogens with zero attached hydrogens (tertiary/aromatic N) is 1. The number of amides is 1. The maximum absolute atomic E-state index is 13.4. The Balaban J connectivity index is 1.51. The van der Waals surface area contributed by atoms with Crippen molar-refractivity contribution in [3.63, 3.8) is 0 Å². The van der Waals surface area contributed by atoms with Crippen LogP contribution in [0, 0.1) is 6.92 Å². The van der Waals surface area contributed by atoms with Crippen LogP contribution in [0.3, 0.4) is 0 Å². The molecule has 0 spiro atoms. The summed E-state index contributed by atoms with van der Waals surface area (Å²) >= 11 is 0. The lowest BCUT2D eigenvalue weighted by Crippen LogP contribution is -2.24. The summed E-state index contributed by atoms with van der Waals surface area (Å²) in [5.74, 6) is 0.963. The molecule has 0 radical (unpaired) electrons. The molecule has 0 aliphatic carbocycles. The maximum atomic E-state index is 13.4. The topological polar surface area (TPSA) is 95.9 Å². The third-order valence-corrected chi connectivity index (χ3v) is 6.06. The van der Waals surface area contributed by atoms with E-state index in [2.05, 4.69) is 5.32 Å². The predicted octanol–water partition coefficient (Wildman–Crippen LogP) is 4.35. The molecule has 1 amide bonds. The minimum absolute atomic E-state index is 0.0165. The van der Waals surface area contributed by atoms with Gasteiger partial charge in [0.05, 0.1) is 23.1 Å². The van der Waals surface area contributed by atoms with Gasteiger partial charge in [0.2, 0.25) is 11.3 Å². The van der Waals surface area contributed by atoms with E-state index in [4.69, 9.17) is 14.2 Å². The molecule has 0 atom stereocenters. The summed E-state index contributed by atoms with van der Waals surface area (Å²) in [6.07, 6.45) is 1.45. The number of carbonyl (C=O) groups is 2. The van der Waals surface area contributed by atoms with Gasteiger partial charge in [0.15, 0.2) is 17.3 Å². The third kappa shape index (κ3) is 5.04. The van der Waals surface area contributed by atoms with Gasteiger partial charge in [-0.1, -0.05) is 29.8 Å². The highest BCUT2D eigenvalue weighted by atomic mass is 16.6. The molecule has 0 saturated heterocycles. The van der Waals surface area contributed by atoms with Crippen molar-refractivity contribution in [3.8, 4) is 17.2 Å². The molecule has 2 heterocycles. The number of anilines is 1. The van der Waals surface area contributed by atoms with E-state index >= 15 is 0 Å². The molecular formula is C29H26N2O6. The fraction of sp³-hybridized carbons (Fsp3) is 0.207. The Hall–Kier alpha value is -4.59. The van der Waals surface area contributed by atoms with Crippen molar-refractivity contribution in [3.05, 3.63) is 93.8 Å². The van der Waals surface area contributed by atoms with Gasteiger partial charge in [-0.2, -0.15) is 0 Å². The number of aryl methyl sites for hydroxylation is 1. The quantitative estimate of drug-likeness (QED) is 0.381. The molecule has 0 saturated carbocycles. The first-order valence-corrected chi connectivity index (χ1v) is 12.0. The predicted molar refractivity (Wildman–Crippen MR) is 140 cm³/mol. The number of ketones is 1. The van der Waals surface area contributed by atoms with Crippen LogP contribution in [0.5, 0.6) is 17.2 Å². The van der Waals surface area contributed by atoms with Crippen molar-refractivity contribution < 1.29 is 23.8 Å². The Morgan fingerprint density at radius 3 is 2.49 bits per heavy atom. The second-order valence-electron chi connectivity index (χ2n) is 8.71. The molecule has 5 rings (SSSR count). The normalized spacial score (nSPS) is 12.3. The second kappa shape index (κ2) is 10.2. The van der Waals surface area contributed by atoms with E-state index in [-0.39, 0.29) is 18.0 Å². The van der Waals surface area contributed by atoms with Gasteiger partial charge in [0.25, 0.3) is 0 Å². The molecule has 3 aromatic carbocycles. The number of ether oxygens (including phenoxy) is 3. The fourth-order valence-electron chi connectivity index (χ4n) is 4.26. The molecule has 8 nitrogen and oxygen atoms in total. The number of pyridine rings is 1. The molecule has 0 unspecified atom stereocenters. The van der Waals surface area contributed by atoms with Crippen LogP contribution in [0.2, 0.25) is 0 Å². The Morgan fingerprint density at radius 1 is 0.973 bits per heavy atom. The monoisotopic (exact) mass is 498 g/mol. The van der Waals surface area contributed by atoms with Crippen molar-refractivity contribution in [2.45, 2.75) is 20.4 Å². The minimum Gasteiger partial charge on any atom is -0.494 e. The average Bonchev–Trinajstić information content (AvgIpc) is 2.90. The van der Waals surface area contributed by atoms with E-state index in [9.17, 15) is 14.4 Å². The third-order valence-electron chi connectivity index (χ3n) is 6.06.